The minimum Gasteiger partial charge on any atom is -0.368 e. The van der Waals surface area contributed by atoms with Gasteiger partial charge in [0.25, 0.3) is 0 Å². The predicted octanol–water partition coefficient (Wildman–Crippen LogP) is 3.34. The van der Waals surface area contributed by atoms with Crippen LogP contribution in [0.25, 0.3) is 0 Å². The smallest absolute Gasteiger partial charge is 0.159 e. The average Bonchev–Trinajstić information content (AvgIpc) is 2.46. The van der Waals surface area contributed by atoms with Crippen molar-refractivity contribution in [1.82, 2.24) is 0 Å². The molecule has 1 heterocycles. The summed E-state index contributed by atoms with van der Waals surface area (Å²) in [5.74, 6) is 1.73. The number of ketones is 1. The van der Waals surface area contributed by atoms with Crippen LogP contribution in [-0.2, 0) is 0 Å². The molecule has 1 aromatic carbocycles. The van der Waals surface area contributed by atoms with E-state index in [0.29, 0.717) is 22.3 Å². The van der Waals surface area contributed by atoms with Gasteiger partial charge in [0.15, 0.2) is 5.78 Å². The highest BCUT2D eigenvalue weighted by Crippen LogP contribution is 2.30. The Balaban J connectivity index is 2.33. The summed E-state index contributed by atoms with van der Waals surface area (Å²) < 4.78 is 0. The molecule has 0 aromatic heterocycles. The molecule has 0 amide bonds. The summed E-state index contributed by atoms with van der Waals surface area (Å²) in [6, 6.07) is 7.61. The van der Waals surface area contributed by atoms with Gasteiger partial charge >= 0.3 is 0 Å². The molecule has 4 heteroatoms. The van der Waals surface area contributed by atoms with Crippen LogP contribution in [0.5, 0.6) is 0 Å². The molecule has 0 bridgehead atoms. The van der Waals surface area contributed by atoms with E-state index in [9.17, 15) is 10.1 Å². The molecule has 3 nitrogen and oxygen atoms in total. The molecule has 1 atom stereocenters. The van der Waals surface area contributed by atoms with E-state index in [0.717, 1.165) is 24.5 Å². The Hall–Kier alpha value is -1.47. The van der Waals surface area contributed by atoms with Crippen molar-refractivity contribution in [2.75, 3.05) is 23.7 Å². The lowest BCUT2D eigenvalue weighted by molar-refractivity contribution is 0.101. The van der Waals surface area contributed by atoms with Crippen LogP contribution < -0.4 is 4.90 Å². The number of anilines is 1. The quantitative estimate of drug-likeness (QED) is 0.800. The largest absolute Gasteiger partial charge is 0.368 e. The van der Waals surface area contributed by atoms with Crippen molar-refractivity contribution in [2.45, 2.75) is 26.0 Å². The Kier molecular flexibility index (Phi) is 4.72. The number of nitrogens with zero attached hydrogens (tertiary/aromatic N) is 2. The highest BCUT2D eigenvalue weighted by atomic mass is 32.2. The van der Waals surface area contributed by atoms with Crippen molar-refractivity contribution in [3.05, 3.63) is 29.3 Å². The Morgan fingerprint density at radius 1 is 1.50 bits per heavy atom. The first-order chi connectivity index (χ1) is 9.52. The molecule has 2 rings (SSSR count). The van der Waals surface area contributed by atoms with E-state index >= 15 is 0 Å². The van der Waals surface area contributed by atoms with E-state index in [1.165, 1.54) is 0 Å². The number of nitriles is 1. The van der Waals surface area contributed by atoms with Crippen LogP contribution >= 0.6 is 11.8 Å². The molecule has 0 aliphatic carbocycles. The Morgan fingerprint density at radius 3 is 2.85 bits per heavy atom. The van der Waals surface area contributed by atoms with Gasteiger partial charge in [0.1, 0.15) is 6.07 Å². The van der Waals surface area contributed by atoms with Gasteiger partial charge in [-0.25, -0.2) is 0 Å². The summed E-state index contributed by atoms with van der Waals surface area (Å²) in [5.41, 5.74) is 2.24. The summed E-state index contributed by atoms with van der Waals surface area (Å²) in [7, 11) is 0. The lowest BCUT2D eigenvalue weighted by Gasteiger charge is -2.36. The van der Waals surface area contributed by atoms with Crippen LogP contribution in [0.4, 0.5) is 5.69 Å². The third-order valence-electron chi connectivity index (χ3n) is 3.70. The summed E-state index contributed by atoms with van der Waals surface area (Å²) in [6.07, 6.45) is 0. The summed E-state index contributed by atoms with van der Waals surface area (Å²) in [4.78, 5) is 13.8. The highest BCUT2D eigenvalue weighted by Gasteiger charge is 2.24. The lowest BCUT2D eigenvalue weighted by Crippen LogP contribution is -2.40. The van der Waals surface area contributed by atoms with Gasteiger partial charge in [0.05, 0.1) is 11.3 Å². The molecule has 20 heavy (non-hydrogen) atoms. The fraction of sp³-hybridized carbons (Fsp3) is 0.500. The van der Waals surface area contributed by atoms with E-state index in [1.807, 2.05) is 17.8 Å². The van der Waals surface area contributed by atoms with Crippen LogP contribution in [-0.4, -0.2) is 29.9 Å². The first-order valence-corrected chi connectivity index (χ1v) is 7.99. The molecular weight excluding hydrogens is 268 g/mol. The molecule has 1 saturated heterocycles. The predicted molar refractivity (Wildman–Crippen MR) is 84.5 cm³/mol. The van der Waals surface area contributed by atoms with Gasteiger partial charge in [-0.1, -0.05) is 13.8 Å². The number of hydrogen-bond acceptors (Lipinski definition) is 4. The molecule has 0 radical (unpaired) electrons. The summed E-state index contributed by atoms with van der Waals surface area (Å²) in [5, 5.41) is 9.87. The van der Waals surface area contributed by atoms with Gasteiger partial charge in [-0.15, -0.1) is 0 Å². The van der Waals surface area contributed by atoms with Crippen molar-refractivity contribution in [2.24, 2.45) is 5.92 Å². The minimum absolute atomic E-state index is 0.0440. The number of carbonyl (C=O) groups is 1. The Labute approximate surface area is 125 Å². The number of Topliss-reactive ketones (excluding diaryl/α,β-unsaturated/α-hetero) is 1. The Morgan fingerprint density at radius 2 is 2.25 bits per heavy atom. The zero-order valence-electron chi connectivity index (χ0n) is 12.2. The average molecular weight is 288 g/mol. The second kappa shape index (κ2) is 6.32. The van der Waals surface area contributed by atoms with E-state index < -0.39 is 0 Å². The summed E-state index contributed by atoms with van der Waals surface area (Å²) in [6.45, 7) is 7.91. The van der Waals surface area contributed by atoms with Crippen molar-refractivity contribution >= 4 is 23.2 Å². The first-order valence-electron chi connectivity index (χ1n) is 6.94. The molecule has 1 fully saturated rings. The van der Waals surface area contributed by atoms with Gasteiger partial charge in [0, 0.05) is 29.7 Å². The van der Waals surface area contributed by atoms with Crippen molar-refractivity contribution in [3.8, 4) is 6.07 Å². The van der Waals surface area contributed by atoms with Crippen LogP contribution in [0.1, 0.15) is 36.7 Å². The molecule has 106 valence electrons. The standard InChI is InChI=1S/C16H20N2OS/c1-11(2)16-10-18(6-7-20-16)15-8-13(12(3)19)4-5-14(15)9-17/h4-5,8,11,16H,6-7,10H2,1-3H3. The van der Waals surface area contributed by atoms with Gasteiger partial charge in [-0.2, -0.15) is 17.0 Å². The van der Waals surface area contributed by atoms with Crippen molar-refractivity contribution < 1.29 is 4.79 Å². The van der Waals surface area contributed by atoms with Gasteiger partial charge in [-0.3, -0.25) is 4.79 Å². The molecule has 0 saturated carbocycles. The maximum atomic E-state index is 11.5. The molecule has 1 unspecified atom stereocenters. The number of thioether (sulfide) groups is 1. The lowest BCUT2D eigenvalue weighted by atomic mass is 10.0. The molecule has 1 aliphatic heterocycles. The Bertz CT molecular complexity index is 548. The first kappa shape index (κ1) is 14.9. The maximum absolute atomic E-state index is 11.5. The van der Waals surface area contributed by atoms with Crippen LogP contribution in [0.3, 0.4) is 0 Å². The van der Waals surface area contributed by atoms with E-state index in [-0.39, 0.29) is 5.78 Å². The normalized spacial score (nSPS) is 18.9. The second-order valence-corrected chi connectivity index (χ2v) is 6.85. The fourth-order valence-electron chi connectivity index (χ4n) is 2.40. The molecule has 0 N–H and O–H groups in total. The second-order valence-electron chi connectivity index (χ2n) is 5.50. The topological polar surface area (TPSA) is 44.1 Å². The molecule has 0 spiro atoms. The third-order valence-corrected chi connectivity index (χ3v) is 5.24. The van der Waals surface area contributed by atoms with Crippen LogP contribution in [0, 0.1) is 17.2 Å². The van der Waals surface area contributed by atoms with E-state index in [2.05, 4.69) is 24.8 Å². The summed E-state index contributed by atoms with van der Waals surface area (Å²) >= 11 is 2.00. The zero-order valence-corrected chi connectivity index (χ0v) is 13.0. The zero-order chi connectivity index (χ0) is 14.7. The van der Waals surface area contributed by atoms with Crippen molar-refractivity contribution in [1.29, 1.82) is 5.26 Å². The number of carbonyl (C=O) groups excluding carboxylic acids is 1. The van der Waals surface area contributed by atoms with Gasteiger partial charge < -0.3 is 4.90 Å². The third kappa shape index (κ3) is 3.16. The monoisotopic (exact) mass is 288 g/mol. The molecular formula is C16H20N2OS. The SMILES string of the molecule is CC(=O)c1ccc(C#N)c(N2CCSC(C(C)C)C2)c1. The van der Waals surface area contributed by atoms with Crippen molar-refractivity contribution in [3.63, 3.8) is 0 Å². The van der Waals surface area contributed by atoms with Gasteiger partial charge in [-0.05, 0) is 31.0 Å². The van der Waals surface area contributed by atoms with E-state index in [1.54, 1.807) is 19.1 Å². The van der Waals surface area contributed by atoms with Crippen LogP contribution in [0.2, 0.25) is 0 Å². The minimum atomic E-state index is 0.0440. The van der Waals surface area contributed by atoms with Crippen LogP contribution in [0.15, 0.2) is 18.2 Å². The number of hydrogen-bond donors (Lipinski definition) is 0. The highest BCUT2D eigenvalue weighted by molar-refractivity contribution is 8.00. The molecule has 1 aliphatic rings. The molecule has 1 aromatic rings. The number of benzene rings is 1. The van der Waals surface area contributed by atoms with E-state index in [4.69, 9.17) is 0 Å². The number of rotatable bonds is 3. The maximum Gasteiger partial charge on any atom is 0.159 e. The van der Waals surface area contributed by atoms with Gasteiger partial charge in [0.2, 0.25) is 0 Å². The fourth-order valence-corrected chi connectivity index (χ4v) is 3.70.